The second kappa shape index (κ2) is 20.6. The normalized spacial score (nSPS) is 15.5. The molecule has 4 N–H and O–H groups in total. The quantitative estimate of drug-likeness (QED) is 0.0670. The number of piperazine rings is 1. The standard InChI is InChI=1S/C53H57N3O7/c1-3-41-34-45(53(55-41)56-29-27-54-28-30-56)40-16-10-15-38(33-40)18-24-44-49-48(46(59)35-47(63-49)39-19-22-42(57)23-20-39)51(62-32-26-43(58)21-17-36-11-6-4-7-12-36)52(60-2)50(44)61-31-25-37-13-8-5-9-14-37/h4-17,19-23,33-34,43,47,54-55,57-58H,3,18,24-32,35H2,1-2H3. The van der Waals surface area contributed by atoms with Crippen molar-refractivity contribution in [3.05, 3.63) is 160 Å². The lowest BCUT2D eigenvalue weighted by Gasteiger charge is -2.31. The van der Waals surface area contributed by atoms with Crippen molar-refractivity contribution >= 4 is 17.7 Å². The van der Waals surface area contributed by atoms with Crippen LogP contribution in [0.4, 0.5) is 5.82 Å². The molecule has 0 amide bonds. The summed E-state index contributed by atoms with van der Waals surface area (Å²) in [6.07, 6.45) is 5.19. The molecule has 0 aliphatic carbocycles. The first-order valence-electron chi connectivity index (χ1n) is 22.1. The van der Waals surface area contributed by atoms with Crippen LogP contribution < -0.4 is 29.2 Å². The molecule has 1 fully saturated rings. The number of carbonyl (C=O) groups is 1. The van der Waals surface area contributed by atoms with Crippen LogP contribution in [0.15, 0.2) is 121 Å². The summed E-state index contributed by atoms with van der Waals surface area (Å²) in [5, 5.41) is 24.5. The number of ether oxygens (including phenoxy) is 4. The van der Waals surface area contributed by atoms with Gasteiger partial charge in [-0.25, -0.2) is 0 Å². The number of aromatic nitrogens is 1. The number of phenolic OH excluding ortho intramolecular Hbond substituents is 1. The zero-order valence-electron chi connectivity index (χ0n) is 36.1. The molecule has 2 aliphatic rings. The van der Waals surface area contributed by atoms with Crippen LogP contribution in [0, 0.1) is 0 Å². The Morgan fingerprint density at radius 2 is 1.56 bits per heavy atom. The number of nitrogens with one attached hydrogen (secondary N) is 2. The number of H-pyrrole nitrogens is 1. The Morgan fingerprint density at radius 1 is 0.825 bits per heavy atom. The second-order valence-electron chi connectivity index (χ2n) is 16.1. The minimum Gasteiger partial charge on any atom is -0.508 e. The molecule has 2 aliphatic heterocycles. The highest BCUT2D eigenvalue weighted by atomic mass is 16.5. The van der Waals surface area contributed by atoms with Gasteiger partial charge in [-0.3, -0.25) is 4.79 Å². The van der Waals surface area contributed by atoms with E-state index >= 15 is 0 Å². The second-order valence-corrected chi connectivity index (χ2v) is 16.1. The van der Waals surface area contributed by atoms with Crippen LogP contribution in [0.1, 0.15) is 69.7 Å². The average molecular weight is 848 g/mol. The van der Waals surface area contributed by atoms with E-state index in [9.17, 15) is 15.0 Å². The molecule has 2 unspecified atom stereocenters. The number of aryl methyl sites for hydroxylation is 2. The van der Waals surface area contributed by atoms with Gasteiger partial charge in [0.05, 0.1) is 32.8 Å². The molecule has 0 saturated carbocycles. The fourth-order valence-electron chi connectivity index (χ4n) is 8.42. The van der Waals surface area contributed by atoms with Crippen molar-refractivity contribution in [1.29, 1.82) is 0 Å². The summed E-state index contributed by atoms with van der Waals surface area (Å²) < 4.78 is 26.3. The number of anilines is 1. The first-order chi connectivity index (χ1) is 30.9. The van der Waals surface area contributed by atoms with Crippen LogP contribution in [-0.2, 0) is 25.7 Å². The molecule has 8 rings (SSSR count). The molecule has 1 saturated heterocycles. The molecule has 10 heteroatoms. The van der Waals surface area contributed by atoms with Gasteiger partial charge >= 0.3 is 0 Å². The van der Waals surface area contributed by atoms with Crippen molar-refractivity contribution in [3.8, 4) is 39.9 Å². The maximum Gasteiger partial charge on any atom is 0.204 e. The van der Waals surface area contributed by atoms with Gasteiger partial charge in [0.15, 0.2) is 17.3 Å². The lowest BCUT2D eigenvalue weighted by atomic mass is 9.90. The number of carbonyl (C=O) groups excluding carboxylic acids is 1. The van der Waals surface area contributed by atoms with Gasteiger partial charge in [-0.1, -0.05) is 116 Å². The summed E-state index contributed by atoms with van der Waals surface area (Å²) in [5.74, 6) is 2.54. The molecule has 5 aromatic carbocycles. The van der Waals surface area contributed by atoms with Gasteiger partial charge in [0.25, 0.3) is 0 Å². The first kappa shape index (κ1) is 43.2. The Morgan fingerprint density at radius 3 is 2.30 bits per heavy atom. The predicted molar refractivity (Wildman–Crippen MR) is 249 cm³/mol. The molecule has 0 radical (unpaired) electrons. The molecular formula is C53H57N3O7. The fourth-order valence-corrected chi connectivity index (χ4v) is 8.42. The molecule has 2 atom stereocenters. The molecule has 63 heavy (non-hydrogen) atoms. The molecule has 0 bridgehead atoms. The van der Waals surface area contributed by atoms with E-state index in [0.29, 0.717) is 54.2 Å². The number of rotatable bonds is 18. The fraction of sp³-hybridized carbons (Fsp3) is 0.302. The van der Waals surface area contributed by atoms with Gasteiger partial charge in [-0.05, 0) is 65.3 Å². The number of aromatic hydroxyl groups is 1. The lowest BCUT2D eigenvalue weighted by molar-refractivity contribution is 0.0835. The van der Waals surface area contributed by atoms with E-state index in [-0.39, 0.29) is 36.7 Å². The minimum atomic E-state index is -0.790. The number of Topliss-reactive ketones (excluding diaryl/α,β-unsaturated/α-hetero) is 1. The van der Waals surface area contributed by atoms with Gasteiger partial charge < -0.3 is 44.4 Å². The summed E-state index contributed by atoms with van der Waals surface area (Å²) >= 11 is 0. The Kier molecular flexibility index (Phi) is 14.1. The number of aromatic amines is 1. The van der Waals surface area contributed by atoms with Gasteiger partial charge in [-0.15, -0.1) is 0 Å². The number of fused-ring (bicyclic) bond motifs is 1. The van der Waals surface area contributed by atoms with Crippen molar-refractivity contribution in [2.45, 2.75) is 57.7 Å². The van der Waals surface area contributed by atoms with Gasteiger partial charge in [0, 0.05) is 55.8 Å². The van der Waals surface area contributed by atoms with Crippen molar-refractivity contribution in [2.75, 3.05) is 51.4 Å². The van der Waals surface area contributed by atoms with Crippen molar-refractivity contribution < 1.29 is 34.0 Å². The van der Waals surface area contributed by atoms with Crippen molar-refractivity contribution in [2.24, 2.45) is 0 Å². The molecule has 6 aromatic rings. The highest BCUT2D eigenvalue weighted by molar-refractivity contribution is 6.04. The third-order valence-electron chi connectivity index (χ3n) is 11.8. The highest BCUT2D eigenvalue weighted by Gasteiger charge is 2.38. The van der Waals surface area contributed by atoms with E-state index in [4.69, 9.17) is 18.9 Å². The van der Waals surface area contributed by atoms with E-state index in [2.05, 4.69) is 64.6 Å². The zero-order valence-corrected chi connectivity index (χ0v) is 36.1. The Balaban J connectivity index is 1.16. The largest absolute Gasteiger partial charge is 0.508 e. The topological polar surface area (TPSA) is 126 Å². The van der Waals surface area contributed by atoms with E-state index in [1.54, 1.807) is 37.5 Å². The average Bonchev–Trinajstić information content (AvgIpc) is 3.77. The SMILES string of the molecule is CCc1cc(-c2cccc(CCc3c(OCCc4ccccc4)c(OC)c(OCCC(O)C=Cc4ccccc4)c4c3OC(c3ccc(O)cc3)CC4=O)c2)c(N2CCNCC2)[nH]1. The number of ketones is 1. The van der Waals surface area contributed by atoms with E-state index in [0.717, 1.165) is 66.2 Å². The minimum absolute atomic E-state index is 0.0568. The van der Waals surface area contributed by atoms with E-state index < -0.39 is 12.2 Å². The van der Waals surface area contributed by atoms with Gasteiger partial charge in [0.1, 0.15) is 29.0 Å². The third kappa shape index (κ3) is 10.4. The highest BCUT2D eigenvalue weighted by Crippen LogP contribution is 2.53. The van der Waals surface area contributed by atoms with Crippen LogP contribution in [0.2, 0.25) is 0 Å². The summed E-state index contributed by atoms with van der Waals surface area (Å²) in [4.78, 5) is 20.7. The van der Waals surface area contributed by atoms with Crippen LogP contribution in [0.5, 0.6) is 28.7 Å². The number of benzene rings is 5. The molecule has 0 spiro atoms. The Hall–Kier alpha value is -6.49. The molecule has 10 nitrogen and oxygen atoms in total. The summed E-state index contributed by atoms with van der Waals surface area (Å²) in [7, 11) is 1.56. The monoisotopic (exact) mass is 847 g/mol. The number of aliphatic hydroxyl groups excluding tert-OH is 1. The smallest absolute Gasteiger partial charge is 0.204 e. The Bertz CT molecular complexity index is 2480. The van der Waals surface area contributed by atoms with Crippen LogP contribution in [-0.4, -0.2) is 73.6 Å². The predicted octanol–water partition coefficient (Wildman–Crippen LogP) is 9.32. The third-order valence-corrected chi connectivity index (χ3v) is 11.8. The molecule has 1 aromatic heterocycles. The number of hydrogen-bond donors (Lipinski definition) is 4. The number of aliphatic hydroxyl groups is 1. The summed E-state index contributed by atoms with van der Waals surface area (Å²) in [6, 6.07) is 37.7. The Labute approximate surface area is 370 Å². The van der Waals surface area contributed by atoms with Crippen molar-refractivity contribution in [3.63, 3.8) is 0 Å². The molecule has 326 valence electrons. The number of hydrogen-bond acceptors (Lipinski definition) is 9. The van der Waals surface area contributed by atoms with Crippen LogP contribution in [0.3, 0.4) is 0 Å². The van der Waals surface area contributed by atoms with Crippen molar-refractivity contribution in [1.82, 2.24) is 10.3 Å². The van der Waals surface area contributed by atoms with Gasteiger partial charge in [0.2, 0.25) is 5.75 Å². The molecule has 3 heterocycles. The first-order valence-corrected chi connectivity index (χ1v) is 22.1. The summed E-state index contributed by atoms with van der Waals surface area (Å²) in [6.45, 7) is 6.37. The molecular weight excluding hydrogens is 791 g/mol. The van der Waals surface area contributed by atoms with Crippen LogP contribution >= 0.6 is 0 Å². The zero-order chi connectivity index (χ0) is 43.5. The number of methoxy groups -OCH3 is 1. The van der Waals surface area contributed by atoms with Crippen LogP contribution in [0.25, 0.3) is 17.2 Å². The van der Waals surface area contributed by atoms with E-state index in [1.807, 2.05) is 54.6 Å². The van der Waals surface area contributed by atoms with E-state index in [1.165, 1.54) is 11.3 Å². The maximum absolute atomic E-state index is 14.5. The lowest BCUT2D eigenvalue weighted by Crippen LogP contribution is -2.43. The summed E-state index contributed by atoms with van der Waals surface area (Å²) in [5.41, 5.74) is 8.53. The number of nitrogens with zero attached hydrogens (tertiary/aromatic N) is 1. The number of phenols is 1. The van der Waals surface area contributed by atoms with Gasteiger partial charge in [-0.2, -0.15) is 0 Å². The maximum atomic E-state index is 14.5.